The fraction of sp³-hybridized carbons (Fsp3) is 0.714. The van der Waals surface area contributed by atoms with Gasteiger partial charge in [0.25, 0.3) is 0 Å². The third-order valence-electron chi connectivity index (χ3n) is 5.10. The highest BCUT2D eigenvalue weighted by Gasteiger charge is 2.13. The highest BCUT2D eigenvalue weighted by Crippen LogP contribution is 2.28. The molecule has 1 saturated heterocycles. The smallest absolute Gasteiger partial charge is 0.161 e. The minimum atomic E-state index is -0.0226. The Labute approximate surface area is 173 Å². The second-order valence-electron chi connectivity index (χ2n) is 7.16. The van der Waals surface area contributed by atoms with E-state index in [0.29, 0.717) is 64.4 Å². The largest absolute Gasteiger partial charge is 0.488 e. The van der Waals surface area contributed by atoms with E-state index in [0.717, 1.165) is 44.8 Å². The zero-order chi connectivity index (χ0) is 20.2. The van der Waals surface area contributed by atoms with Crippen LogP contribution in [0.2, 0.25) is 0 Å². The monoisotopic (exact) mass is 410 g/mol. The number of aliphatic hydroxyl groups is 1. The number of fused-ring (bicyclic) bond motifs is 7. The predicted octanol–water partition coefficient (Wildman–Crippen LogP) is 0.618. The fourth-order valence-corrected chi connectivity index (χ4v) is 3.32. The first-order valence-electron chi connectivity index (χ1n) is 10.5. The standard InChI is InChI=1S/C21H34N2O6/c24-18-19-1-2-20-21(17-19)29-14-8-23-4-10-25-9-3-22(7-13-28-20)5-11-26-15-16-27-12-6-23/h1-2,17,24H,3-16,18H2. The van der Waals surface area contributed by atoms with Crippen molar-refractivity contribution >= 4 is 0 Å². The SMILES string of the molecule is OCc1ccc2c(c1)OCCN1CCOCCOCCN(CCOCC1)CCO2. The minimum Gasteiger partial charge on any atom is -0.488 e. The van der Waals surface area contributed by atoms with E-state index in [4.69, 9.17) is 23.7 Å². The van der Waals surface area contributed by atoms with Gasteiger partial charge in [0.15, 0.2) is 11.5 Å². The Morgan fingerprint density at radius 3 is 1.66 bits per heavy atom. The zero-order valence-electron chi connectivity index (χ0n) is 17.2. The predicted molar refractivity (Wildman–Crippen MR) is 109 cm³/mol. The summed E-state index contributed by atoms with van der Waals surface area (Å²) in [7, 11) is 0. The van der Waals surface area contributed by atoms with Crippen LogP contribution in [0, 0.1) is 0 Å². The molecule has 2 heterocycles. The molecule has 1 fully saturated rings. The van der Waals surface area contributed by atoms with Gasteiger partial charge in [-0.3, -0.25) is 9.80 Å². The second kappa shape index (κ2) is 13.0. The van der Waals surface area contributed by atoms with Crippen LogP contribution in [0.3, 0.4) is 0 Å². The summed E-state index contributed by atoms with van der Waals surface area (Å²) in [6.45, 7) is 9.84. The molecule has 8 heteroatoms. The molecule has 1 N–H and O–H groups in total. The van der Waals surface area contributed by atoms with Crippen LogP contribution in [0.25, 0.3) is 0 Å². The first-order valence-corrected chi connectivity index (χ1v) is 10.5. The Balaban J connectivity index is 1.73. The highest BCUT2D eigenvalue weighted by atomic mass is 16.5. The van der Waals surface area contributed by atoms with E-state index < -0.39 is 0 Å². The van der Waals surface area contributed by atoms with Gasteiger partial charge >= 0.3 is 0 Å². The third kappa shape index (κ3) is 8.08. The molecule has 2 aliphatic heterocycles. The van der Waals surface area contributed by atoms with Crippen LogP contribution in [0.15, 0.2) is 18.2 Å². The van der Waals surface area contributed by atoms with Gasteiger partial charge in [-0.15, -0.1) is 0 Å². The number of benzene rings is 1. The topological polar surface area (TPSA) is 72.9 Å². The number of hydrogen-bond donors (Lipinski definition) is 1. The molecule has 1 aromatic carbocycles. The summed E-state index contributed by atoms with van der Waals surface area (Å²) in [6, 6.07) is 5.60. The Morgan fingerprint density at radius 1 is 0.621 bits per heavy atom. The molecule has 0 aliphatic carbocycles. The van der Waals surface area contributed by atoms with E-state index in [9.17, 15) is 5.11 Å². The van der Waals surface area contributed by atoms with Crippen LogP contribution in [0.1, 0.15) is 5.56 Å². The lowest BCUT2D eigenvalue weighted by Crippen LogP contribution is -2.36. The van der Waals surface area contributed by atoms with Crippen molar-refractivity contribution in [2.75, 3.05) is 92.1 Å². The molecule has 2 atom stereocenters. The molecule has 0 spiro atoms. The Hall–Kier alpha value is -1.42. The lowest BCUT2D eigenvalue weighted by molar-refractivity contribution is 0.0299. The van der Waals surface area contributed by atoms with Crippen molar-refractivity contribution in [1.82, 2.24) is 9.80 Å². The molecule has 0 aromatic heterocycles. The molecule has 1 aromatic rings. The maximum Gasteiger partial charge on any atom is 0.161 e. The van der Waals surface area contributed by atoms with Gasteiger partial charge in [-0.2, -0.15) is 0 Å². The molecule has 2 unspecified atom stereocenters. The summed E-state index contributed by atoms with van der Waals surface area (Å²) in [5.74, 6) is 1.38. The quantitative estimate of drug-likeness (QED) is 0.676. The number of rotatable bonds is 1. The first kappa shape index (κ1) is 22.3. The van der Waals surface area contributed by atoms with E-state index in [2.05, 4.69) is 9.80 Å². The molecule has 2 bridgehead atoms. The third-order valence-corrected chi connectivity index (χ3v) is 5.10. The van der Waals surface area contributed by atoms with Gasteiger partial charge in [0.2, 0.25) is 0 Å². The first-order chi connectivity index (χ1) is 14.3. The summed E-state index contributed by atoms with van der Waals surface area (Å²) in [5, 5.41) is 9.46. The van der Waals surface area contributed by atoms with E-state index in [1.54, 1.807) is 0 Å². The van der Waals surface area contributed by atoms with E-state index in [-0.39, 0.29) is 6.61 Å². The van der Waals surface area contributed by atoms with Gasteiger partial charge in [0.05, 0.1) is 46.2 Å². The van der Waals surface area contributed by atoms with Crippen molar-refractivity contribution in [2.24, 2.45) is 0 Å². The molecular weight excluding hydrogens is 376 g/mol. The number of ether oxygens (including phenoxy) is 5. The Morgan fingerprint density at radius 2 is 1.10 bits per heavy atom. The lowest BCUT2D eigenvalue weighted by atomic mass is 10.2. The summed E-state index contributed by atoms with van der Waals surface area (Å²) >= 11 is 0. The summed E-state index contributed by atoms with van der Waals surface area (Å²) < 4.78 is 29.3. The Bertz CT molecular complexity index is 588. The number of hydrogen-bond acceptors (Lipinski definition) is 8. The van der Waals surface area contributed by atoms with Crippen LogP contribution in [0.5, 0.6) is 11.5 Å². The maximum atomic E-state index is 9.46. The molecule has 0 radical (unpaired) electrons. The van der Waals surface area contributed by atoms with E-state index in [1.807, 2.05) is 18.2 Å². The van der Waals surface area contributed by atoms with Gasteiger partial charge < -0.3 is 28.8 Å². The van der Waals surface area contributed by atoms with Gasteiger partial charge in [-0.25, -0.2) is 0 Å². The van der Waals surface area contributed by atoms with Crippen molar-refractivity contribution in [3.8, 4) is 11.5 Å². The lowest BCUT2D eigenvalue weighted by Gasteiger charge is -2.22. The molecule has 0 amide bonds. The molecule has 164 valence electrons. The van der Waals surface area contributed by atoms with Crippen molar-refractivity contribution in [1.29, 1.82) is 0 Å². The summed E-state index contributed by atoms with van der Waals surface area (Å²) in [4.78, 5) is 4.58. The maximum absolute atomic E-state index is 9.46. The van der Waals surface area contributed by atoms with Gasteiger partial charge in [0, 0.05) is 39.3 Å². The summed E-state index contributed by atoms with van der Waals surface area (Å²) in [6.07, 6.45) is 0. The normalized spacial score (nSPS) is 25.8. The molecule has 29 heavy (non-hydrogen) atoms. The number of aliphatic hydroxyl groups excluding tert-OH is 1. The summed E-state index contributed by atoms with van der Waals surface area (Å²) in [5.41, 5.74) is 0.810. The highest BCUT2D eigenvalue weighted by molar-refractivity contribution is 5.42. The molecule has 3 rings (SSSR count). The molecule has 0 saturated carbocycles. The van der Waals surface area contributed by atoms with Crippen molar-refractivity contribution in [3.05, 3.63) is 23.8 Å². The molecular formula is C21H34N2O6. The van der Waals surface area contributed by atoms with Gasteiger partial charge in [0.1, 0.15) is 13.2 Å². The van der Waals surface area contributed by atoms with Crippen LogP contribution < -0.4 is 9.47 Å². The van der Waals surface area contributed by atoms with Crippen LogP contribution in [0.4, 0.5) is 0 Å². The van der Waals surface area contributed by atoms with Gasteiger partial charge in [-0.1, -0.05) is 6.07 Å². The van der Waals surface area contributed by atoms with Crippen LogP contribution in [-0.2, 0) is 20.8 Å². The minimum absolute atomic E-state index is 0.0226. The van der Waals surface area contributed by atoms with Gasteiger partial charge in [-0.05, 0) is 17.7 Å². The second-order valence-corrected chi connectivity index (χ2v) is 7.16. The fourth-order valence-electron chi connectivity index (χ4n) is 3.32. The Kier molecular flexibility index (Phi) is 9.98. The van der Waals surface area contributed by atoms with Crippen molar-refractivity contribution in [3.63, 3.8) is 0 Å². The average Bonchev–Trinajstić information content (AvgIpc) is 2.75. The van der Waals surface area contributed by atoms with Crippen LogP contribution in [-0.4, -0.2) is 107 Å². The van der Waals surface area contributed by atoms with E-state index >= 15 is 0 Å². The number of nitrogens with zero attached hydrogens (tertiary/aromatic N) is 2. The van der Waals surface area contributed by atoms with Crippen LogP contribution >= 0.6 is 0 Å². The average molecular weight is 411 g/mol. The van der Waals surface area contributed by atoms with E-state index in [1.165, 1.54) is 0 Å². The molecule has 2 aliphatic rings. The van der Waals surface area contributed by atoms with Crippen molar-refractivity contribution < 1.29 is 28.8 Å². The zero-order valence-corrected chi connectivity index (χ0v) is 17.2. The molecule has 8 nitrogen and oxygen atoms in total. The van der Waals surface area contributed by atoms with Crippen molar-refractivity contribution in [2.45, 2.75) is 6.61 Å².